The summed E-state index contributed by atoms with van der Waals surface area (Å²) in [4.78, 5) is 0. The van der Waals surface area contributed by atoms with Crippen LogP contribution >= 0.6 is 15.9 Å². The van der Waals surface area contributed by atoms with E-state index in [-0.39, 0.29) is 0 Å². The Bertz CT molecular complexity index is 493. The minimum atomic E-state index is 0.386. The number of ether oxygens (including phenoxy) is 3. The monoisotopic (exact) mass is 355 g/mol. The van der Waals surface area contributed by atoms with Crippen molar-refractivity contribution in [2.45, 2.75) is 44.8 Å². The van der Waals surface area contributed by atoms with E-state index >= 15 is 0 Å². The maximum absolute atomic E-state index is 5.81. The lowest BCUT2D eigenvalue weighted by atomic mass is 10.00. The summed E-state index contributed by atoms with van der Waals surface area (Å²) >= 11 is 3.62. The number of hydrogen-bond acceptors (Lipinski definition) is 4. The van der Waals surface area contributed by atoms with Crippen molar-refractivity contribution in [3.8, 4) is 11.5 Å². The van der Waals surface area contributed by atoms with Gasteiger partial charge in [0, 0.05) is 29.3 Å². The molecule has 4 nitrogen and oxygen atoms in total. The van der Waals surface area contributed by atoms with E-state index in [4.69, 9.17) is 14.2 Å². The summed E-state index contributed by atoms with van der Waals surface area (Å²) in [7, 11) is 0. The molecule has 2 heterocycles. The molecular weight excluding hydrogens is 334 g/mol. The molecule has 0 spiro atoms. The van der Waals surface area contributed by atoms with Gasteiger partial charge in [-0.1, -0.05) is 13.3 Å². The van der Waals surface area contributed by atoms with E-state index in [9.17, 15) is 0 Å². The fourth-order valence-corrected chi connectivity index (χ4v) is 3.37. The second kappa shape index (κ2) is 6.88. The molecule has 1 N–H and O–H groups in total. The van der Waals surface area contributed by atoms with E-state index in [0.717, 1.165) is 47.5 Å². The molecule has 0 radical (unpaired) electrons. The molecule has 1 aromatic carbocycles. The molecule has 2 aliphatic heterocycles. The average Bonchev–Trinajstić information content (AvgIpc) is 2.49. The fraction of sp³-hybridized carbons (Fsp3) is 0.625. The van der Waals surface area contributed by atoms with Gasteiger partial charge < -0.3 is 19.5 Å². The van der Waals surface area contributed by atoms with Crippen LogP contribution in [0.2, 0.25) is 0 Å². The lowest BCUT2D eigenvalue weighted by Gasteiger charge is -2.31. The molecule has 21 heavy (non-hydrogen) atoms. The third-order valence-electron chi connectivity index (χ3n) is 3.97. The van der Waals surface area contributed by atoms with Crippen LogP contribution in [0, 0.1) is 0 Å². The van der Waals surface area contributed by atoms with E-state index in [0.29, 0.717) is 25.4 Å². The van der Waals surface area contributed by atoms with Gasteiger partial charge >= 0.3 is 0 Å². The maximum Gasteiger partial charge on any atom is 0.163 e. The van der Waals surface area contributed by atoms with Gasteiger partial charge in [0.15, 0.2) is 11.5 Å². The van der Waals surface area contributed by atoms with Crippen LogP contribution in [0.4, 0.5) is 5.69 Å². The highest BCUT2D eigenvalue weighted by Gasteiger charge is 2.23. The molecule has 0 amide bonds. The van der Waals surface area contributed by atoms with Gasteiger partial charge in [0.05, 0.1) is 11.8 Å². The van der Waals surface area contributed by atoms with Gasteiger partial charge in [0.2, 0.25) is 0 Å². The van der Waals surface area contributed by atoms with Crippen LogP contribution in [-0.4, -0.2) is 32.0 Å². The van der Waals surface area contributed by atoms with E-state index in [1.54, 1.807) is 0 Å². The lowest BCUT2D eigenvalue weighted by molar-refractivity contribution is 0.00596. The first-order chi connectivity index (χ1) is 10.3. The van der Waals surface area contributed by atoms with Crippen molar-refractivity contribution >= 4 is 21.6 Å². The second-order valence-corrected chi connectivity index (χ2v) is 6.48. The van der Waals surface area contributed by atoms with E-state index in [1.165, 1.54) is 6.42 Å². The number of nitrogens with one attached hydrogen (secondary N) is 1. The van der Waals surface area contributed by atoms with Crippen molar-refractivity contribution in [3.63, 3.8) is 0 Å². The molecular formula is C16H22BrNO3. The van der Waals surface area contributed by atoms with Gasteiger partial charge in [0.1, 0.15) is 13.2 Å². The Kier molecular flexibility index (Phi) is 4.91. The molecule has 2 aliphatic rings. The van der Waals surface area contributed by atoms with Crippen LogP contribution < -0.4 is 14.8 Å². The summed E-state index contributed by atoms with van der Waals surface area (Å²) in [6, 6.07) is 4.47. The zero-order valence-corrected chi connectivity index (χ0v) is 13.9. The SMILES string of the molecule is CCCC1CC(Nc2cc3c(cc2Br)OCCO3)CCO1. The van der Waals surface area contributed by atoms with Gasteiger partial charge in [-0.05, 0) is 35.2 Å². The van der Waals surface area contributed by atoms with Crippen LogP contribution in [0.3, 0.4) is 0 Å². The van der Waals surface area contributed by atoms with Gasteiger partial charge in [-0.25, -0.2) is 0 Å². The van der Waals surface area contributed by atoms with Gasteiger partial charge in [-0.15, -0.1) is 0 Å². The van der Waals surface area contributed by atoms with Crippen molar-refractivity contribution in [1.82, 2.24) is 0 Å². The number of rotatable bonds is 4. The Balaban J connectivity index is 1.69. The lowest BCUT2D eigenvalue weighted by Crippen LogP contribution is -2.34. The number of anilines is 1. The van der Waals surface area contributed by atoms with Crippen LogP contribution in [0.1, 0.15) is 32.6 Å². The number of halogens is 1. The van der Waals surface area contributed by atoms with E-state index in [1.807, 2.05) is 12.1 Å². The Morgan fingerprint density at radius 2 is 1.95 bits per heavy atom. The summed E-state index contributed by atoms with van der Waals surface area (Å²) in [5.41, 5.74) is 1.07. The highest BCUT2D eigenvalue weighted by atomic mass is 79.9. The maximum atomic E-state index is 5.81. The molecule has 0 bridgehead atoms. The Hall–Kier alpha value is -0.940. The van der Waals surface area contributed by atoms with Gasteiger partial charge in [0.25, 0.3) is 0 Å². The number of benzene rings is 1. The Labute approximate surface area is 134 Å². The summed E-state index contributed by atoms with van der Waals surface area (Å²) in [6.07, 6.45) is 4.80. The molecule has 116 valence electrons. The quantitative estimate of drug-likeness (QED) is 0.886. The molecule has 1 fully saturated rings. The molecule has 0 aliphatic carbocycles. The zero-order valence-electron chi connectivity index (χ0n) is 12.4. The fourth-order valence-electron chi connectivity index (χ4n) is 2.93. The molecule has 0 saturated carbocycles. The second-order valence-electron chi connectivity index (χ2n) is 5.62. The third-order valence-corrected chi connectivity index (χ3v) is 4.63. The summed E-state index contributed by atoms with van der Waals surface area (Å²) in [6.45, 7) is 4.27. The molecule has 1 saturated heterocycles. The smallest absolute Gasteiger partial charge is 0.163 e. The van der Waals surface area contributed by atoms with Crippen molar-refractivity contribution in [2.24, 2.45) is 0 Å². The Morgan fingerprint density at radius 1 is 1.19 bits per heavy atom. The van der Waals surface area contributed by atoms with E-state index in [2.05, 4.69) is 28.2 Å². The minimum Gasteiger partial charge on any atom is -0.486 e. The standard InChI is InChI=1S/C16H22BrNO3/c1-2-3-12-8-11(4-5-19-12)18-14-10-16-15(9-13(14)17)20-6-7-21-16/h9-12,18H,2-8H2,1H3. The van der Waals surface area contributed by atoms with Crippen LogP contribution in [0.25, 0.3) is 0 Å². The molecule has 2 unspecified atom stereocenters. The third kappa shape index (κ3) is 3.64. The predicted octanol–water partition coefficient (Wildman–Crippen LogP) is 3.98. The average molecular weight is 356 g/mol. The topological polar surface area (TPSA) is 39.7 Å². The Morgan fingerprint density at radius 3 is 2.71 bits per heavy atom. The first-order valence-electron chi connectivity index (χ1n) is 7.73. The number of fused-ring (bicyclic) bond motifs is 1. The molecule has 2 atom stereocenters. The van der Waals surface area contributed by atoms with Crippen molar-refractivity contribution < 1.29 is 14.2 Å². The molecule has 1 aromatic rings. The van der Waals surface area contributed by atoms with Crippen molar-refractivity contribution in [3.05, 3.63) is 16.6 Å². The summed E-state index contributed by atoms with van der Waals surface area (Å²) in [5.74, 6) is 1.64. The largest absolute Gasteiger partial charge is 0.486 e. The van der Waals surface area contributed by atoms with Crippen molar-refractivity contribution in [1.29, 1.82) is 0 Å². The van der Waals surface area contributed by atoms with E-state index < -0.39 is 0 Å². The molecule has 0 aromatic heterocycles. The van der Waals surface area contributed by atoms with Crippen LogP contribution in [0.5, 0.6) is 11.5 Å². The summed E-state index contributed by atoms with van der Waals surface area (Å²) in [5, 5.41) is 3.63. The van der Waals surface area contributed by atoms with Crippen molar-refractivity contribution in [2.75, 3.05) is 25.1 Å². The molecule has 3 rings (SSSR count). The first-order valence-corrected chi connectivity index (χ1v) is 8.53. The predicted molar refractivity (Wildman–Crippen MR) is 86.4 cm³/mol. The van der Waals surface area contributed by atoms with Gasteiger partial charge in [-0.2, -0.15) is 0 Å². The molecule has 5 heteroatoms. The summed E-state index contributed by atoms with van der Waals surface area (Å²) < 4.78 is 18.1. The highest BCUT2D eigenvalue weighted by Crippen LogP contribution is 2.39. The minimum absolute atomic E-state index is 0.386. The van der Waals surface area contributed by atoms with Crippen LogP contribution in [0.15, 0.2) is 16.6 Å². The first kappa shape index (κ1) is 15.0. The zero-order chi connectivity index (χ0) is 14.7. The normalized spacial score (nSPS) is 24.7. The number of hydrogen-bond donors (Lipinski definition) is 1. The van der Waals surface area contributed by atoms with Crippen LogP contribution in [-0.2, 0) is 4.74 Å². The van der Waals surface area contributed by atoms with Gasteiger partial charge in [-0.3, -0.25) is 0 Å². The highest BCUT2D eigenvalue weighted by molar-refractivity contribution is 9.10.